The molecule has 0 spiro atoms. The number of amides is 1. The lowest BCUT2D eigenvalue weighted by Gasteiger charge is -2.36. The third-order valence-corrected chi connectivity index (χ3v) is 10.3. The summed E-state index contributed by atoms with van der Waals surface area (Å²) in [6.45, 7) is 11.9. The van der Waals surface area contributed by atoms with Crippen LogP contribution in [0.25, 0.3) is 21.9 Å². The summed E-state index contributed by atoms with van der Waals surface area (Å²) < 4.78 is 22.6. The molecule has 0 radical (unpaired) electrons. The number of rotatable bonds is 21. The van der Waals surface area contributed by atoms with Gasteiger partial charge >= 0.3 is 0 Å². The zero-order valence-corrected chi connectivity index (χ0v) is 31.5. The highest BCUT2D eigenvalue weighted by molar-refractivity contribution is 6.07. The molecule has 6 N–H and O–H groups in total. The SMILES string of the molecule is CCCCc1nc2c(N)nc3ccc(N4CCN(CCOCCOCCOCCOCCC(=O)NCC5CCCCCCC(N)C5)CC4)cc3c2[nH]1. The van der Waals surface area contributed by atoms with E-state index in [1.807, 2.05) is 0 Å². The van der Waals surface area contributed by atoms with Gasteiger partial charge in [0.15, 0.2) is 5.82 Å². The van der Waals surface area contributed by atoms with Gasteiger partial charge in [-0.15, -0.1) is 0 Å². The minimum atomic E-state index is 0.0438. The summed E-state index contributed by atoms with van der Waals surface area (Å²) in [6.07, 6.45) is 11.8. The summed E-state index contributed by atoms with van der Waals surface area (Å²) in [4.78, 5) is 30.0. The molecule has 5 rings (SSSR count). The second-order valence-electron chi connectivity index (χ2n) is 14.4. The number of nitrogens with zero attached hydrogens (tertiary/aromatic N) is 4. The average molecular weight is 725 g/mol. The molecule has 3 aromatic rings. The summed E-state index contributed by atoms with van der Waals surface area (Å²) in [7, 11) is 0. The largest absolute Gasteiger partial charge is 0.382 e. The minimum absolute atomic E-state index is 0.0438. The molecule has 2 unspecified atom stereocenters. The number of carbonyl (C=O) groups excluding carboxylic acids is 1. The Kier molecular flexibility index (Phi) is 17.1. The molecule has 3 heterocycles. The molecule has 0 bridgehead atoms. The van der Waals surface area contributed by atoms with Crippen LogP contribution in [0.5, 0.6) is 0 Å². The predicted octanol–water partition coefficient (Wildman–Crippen LogP) is 4.42. The smallest absolute Gasteiger partial charge is 0.222 e. The van der Waals surface area contributed by atoms with Crippen molar-refractivity contribution in [1.82, 2.24) is 25.2 Å². The van der Waals surface area contributed by atoms with Crippen LogP contribution >= 0.6 is 0 Å². The first kappa shape index (κ1) is 40.1. The number of ether oxygens (including phenoxy) is 4. The van der Waals surface area contributed by atoms with Crippen molar-refractivity contribution in [2.45, 2.75) is 83.6 Å². The van der Waals surface area contributed by atoms with E-state index in [1.165, 1.54) is 31.4 Å². The van der Waals surface area contributed by atoms with Gasteiger partial charge in [-0.25, -0.2) is 9.97 Å². The van der Waals surface area contributed by atoms with Crippen LogP contribution in [-0.2, 0) is 30.2 Å². The van der Waals surface area contributed by atoms with Crippen LogP contribution in [0.4, 0.5) is 11.5 Å². The fourth-order valence-corrected chi connectivity index (χ4v) is 7.21. The van der Waals surface area contributed by atoms with Gasteiger partial charge in [0.2, 0.25) is 5.91 Å². The molecule has 2 fully saturated rings. The zero-order chi connectivity index (χ0) is 36.4. The molecule has 290 valence electrons. The molecule has 52 heavy (non-hydrogen) atoms. The quantitative estimate of drug-likeness (QED) is 0.115. The van der Waals surface area contributed by atoms with Gasteiger partial charge in [0.05, 0.1) is 63.9 Å². The molecule has 1 aliphatic heterocycles. The van der Waals surface area contributed by atoms with Gasteiger partial charge in [0, 0.05) is 69.2 Å². The number of nitrogens with one attached hydrogen (secondary N) is 2. The Morgan fingerprint density at radius 3 is 2.33 bits per heavy atom. The average Bonchev–Trinajstić information content (AvgIpc) is 3.63. The fraction of sp³-hybridized carbons (Fsp3) is 0.718. The number of anilines is 2. The summed E-state index contributed by atoms with van der Waals surface area (Å²) in [5.74, 6) is 1.98. The molecule has 13 heteroatoms. The van der Waals surface area contributed by atoms with Crippen molar-refractivity contribution in [2.75, 3.05) is 103 Å². The summed E-state index contributed by atoms with van der Waals surface area (Å²) in [6, 6.07) is 6.70. The topological polar surface area (TPSA) is 166 Å². The first-order chi connectivity index (χ1) is 25.5. The van der Waals surface area contributed by atoms with Crippen LogP contribution < -0.4 is 21.7 Å². The van der Waals surface area contributed by atoms with Crippen LogP contribution in [0, 0.1) is 5.92 Å². The van der Waals surface area contributed by atoms with Gasteiger partial charge < -0.3 is 45.6 Å². The van der Waals surface area contributed by atoms with E-state index >= 15 is 0 Å². The van der Waals surface area contributed by atoms with Crippen molar-refractivity contribution in [1.29, 1.82) is 0 Å². The first-order valence-electron chi connectivity index (χ1n) is 19.9. The Labute approximate surface area is 309 Å². The third-order valence-electron chi connectivity index (χ3n) is 10.3. The van der Waals surface area contributed by atoms with E-state index in [1.54, 1.807) is 0 Å². The summed E-state index contributed by atoms with van der Waals surface area (Å²) in [5.41, 5.74) is 16.4. The van der Waals surface area contributed by atoms with Crippen molar-refractivity contribution >= 4 is 39.3 Å². The molecule has 1 saturated carbocycles. The number of hydrogen-bond donors (Lipinski definition) is 4. The number of carbonyl (C=O) groups is 1. The van der Waals surface area contributed by atoms with Gasteiger partial charge in [-0.2, -0.15) is 0 Å². The highest BCUT2D eigenvalue weighted by Gasteiger charge is 2.20. The van der Waals surface area contributed by atoms with Gasteiger partial charge in [-0.1, -0.05) is 39.0 Å². The summed E-state index contributed by atoms with van der Waals surface area (Å²) in [5, 5.41) is 4.15. The van der Waals surface area contributed by atoms with Gasteiger partial charge in [0.25, 0.3) is 0 Å². The Morgan fingerprint density at radius 1 is 0.904 bits per heavy atom. The van der Waals surface area contributed by atoms with Gasteiger partial charge in [-0.05, 0) is 49.8 Å². The zero-order valence-electron chi connectivity index (χ0n) is 31.5. The molecule has 2 atom stereocenters. The minimum Gasteiger partial charge on any atom is -0.382 e. The highest BCUT2D eigenvalue weighted by atomic mass is 16.6. The standard InChI is InChI=1S/C39H64N8O5/c1-2-3-10-35-44-37-33-28-32(11-12-34(33)43-39(41)38(37)45-35)47-16-14-46(15-17-47)18-20-50-22-24-52-26-25-51-23-21-49-19-13-36(48)42-29-30-8-6-4-5-7-9-31(40)27-30/h11-12,28,30-31H,2-10,13-27,29,40H2,1H3,(H2,41,43)(H,42,48)(H,44,45). The van der Waals surface area contributed by atoms with Crippen molar-refractivity contribution in [3.8, 4) is 0 Å². The maximum Gasteiger partial charge on any atom is 0.222 e. The van der Waals surface area contributed by atoms with E-state index in [9.17, 15) is 4.79 Å². The molecule has 1 aliphatic carbocycles. The second-order valence-corrected chi connectivity index (χ2v) is 14.4. The van der Waals surface area contributed by atoms with E-state index in [4.69, 9.17) is 35.4 Å². The van der Waals surface area contributed by atoms with Crippen LogP contribution in [0.3, 0.4) is 0 Å². The van der Waals surface area contributed by atoms with Gasteiger partial charge in [-0.3, -0.25) is 9.69 Å². The maximum absolute atomic E-state index is 12.2. The number of unbranched alkanes of at least 4 members (excludes halogenated alkanes) is 1. The van der Waals surface area contributed by atoms with E-state index in [-0.39, 0.29) is 11.9 Å². The van der Waals surface area contributed by atoms with Gasteiger partial charge in [0.1, 0.15) is 11.3 Å². The Bertz CT molecular complexity index is 1480. The van der Waals surface area contributed by atoms with E-state index in [0.717, 1.165) is 106 Å². The molecule has 1 aromatic carbocycles. The highest BCUT2D eigenvalue weighted by Crippen LogP contribution is 2.30. The van der Waals surface area contributed by atoms with Crippen LogP contribution in [-0.4, -0.2) is 124 Å². The number of aryl methyl sites for hydroxylation is 1. The number of aromatic amines is 1. The number of pyridine rings is 1. The lowest BCUT2D eigenvalue weighted by atomic mass is 9.94. The number of nitrogens with two attached hydrogens (primary N) is 2. The Balaban J connectivity index is 0.844. The number of fused-ring (bicyclic) bond motifs is 3. The van der Waals surface area contributed by atoms with E-state index in [2.05, 4.69) is 50.2 Å². The Hall–Kier alpha value is -3.07. The normalized spacial score (nSPS) is 19.2. The number of aromatic nitrogens is 3. The Morgan fingerprint density at radius 2 is 1.60 bits per heavy atom. The van der Waals surface area contributed by atoms with Crippen LogP contribution in [0.1, 0.15) is 77.0 Å². The van der Waals surface area contributed by atoms with Crippen molar-refractivity contribution in [3.05, 3.63) is 24.0 Å². The summed E-state index contributed by atoms with van der Waals surface area (Å²) >= 11 is 0. The molecule has 2 aromatic heterocycles. The van der Waals surface area contributed by atoms with Crippen LogP contribution in [0.15, 0.2) is 18.2 Å². The van der Waals surface area contributed by atoms with Crippen molar-refractivity contribution in [3.63, 3.8) is 0 Å². The molecule has 2 aliphatic rings. The number of benzene rings is 1. The molecule has 1 saturated heterocycles. The third kappa shape index (κ3) is 13.1. The van der Waals surface area contributed by atoms with Crippen molar-refractivity contribution in [2.24, 2.45) is 11.7 Å². The molecular weight excluding hydrogens is 660 g/mol. The van der Waals surface area contributed by atoms with E-state index in [0.29, 0.717) is 71.0 Å². The molecule has 13 nitrogen and oxygen atoms in total. The lowest BCUT2D eigenvalue weighted by Crippen LogP contribution is -2.47. The molecule has 1 amide bonds. The number of imidazole rings is 1. The predicted molar refractivity (Wildman–Crippen MR) is 208 cm³/mol. The molecular formula is C39H64N8O5. The first-order valence-corrected chi connectivity index (χ1v) is 19.9. The number of H-pyrrole nitrogens is 1. The fourth-order valence-electron chi connectivity index (χ4n) is 7.21. The maximum atomic E-state index is 12.2. The van der Waals surface area contributed by atoms with E-state index < -0.39 is 0 Å². The number of piperazine rings is 1. The van der Waals surface area contributed by atoms with Crippen LogP contribution in [0.2, 0.25) is 0 Å². The monoisotopic (exact) mass is 724 g/mol. The van der Waals surface area contributed by atoms with Crippen molar-refractivity contribution < 1.29 is 23.7 Å². The number of hydrogen-bond acceptors (Lipinski definition) is 11. The second kappa shape index (κ2) is 22.2. The lowest BCUT2D eigenvalue weighted by molar-refractivity contribution is -0.122. The number of nitrogen functional groups attached to an aromatic ring is 1.